The Kier molecular flexibility index (Phi) is 5.70. The standard InChI is InChI=1S/C18H24ClFN2O/c1-22-7-6-15(11-21-10-13-3-2-8-23-12-13)18(22)14-4-5-16(19)17(20)9-14/h3-5,9,15,18,21H,2,6-8,10-12H2,1H3. The molecule has 3 rings (SSSR count). The highest BCUT2D eigenvalue weighted by molar-refractivity contribution is 6.30. The number of rotatable bonds is 5. The minimum atomic E-state index is -0.333. The maximum Gasteiger partial charge on any atom is 0.142 e. The van der Waals surface area contributed by atoms with E-state index in [-0.39, 0.29) is 16.9 Å². The zero-order valence-corrected chi connectivity index (χ0v) is 14.3. The van der Waals surface area contributed by atoms with Crippen LogP contribution in [0.25, 0.3) is 0 Å². The Morgan fingerprint density at radius 1 is 1.43 bits per heavy atom. The maximum atomic E-state index is 13.8. The summed E-state index contributed by atoms with van der Waals surface area (Å²) in [5.41, 5.74) is 2.34. The van der Waals surface area contributed by atoms with E-state index in [1.807, 2.05) is 6.07 Å². The molecular formula is C18H24ClFN2O. The highest BCUT2D eigenvalue weighted by Crippen LogP contribution is 2.36. The third-order valence-corrected chi connectivity index (χ3v) is 5.11. The summed E-state index contributed by atoms with van der Waals surface area (Å²) in [5, 5.41) is 3.74. The predicted molar refractivity (Wildman–Crippen MR) is 91.3 cm³/mol. The van der Waals surface area contributed by atoms with Gasteiger partial charge in [0.25, 0.3) is 0 Å². The van der Waals surface area contributed by atoms with Gasteiger partial charge in [0.05, 0.1) is 18.2 Å². The SMILES string of the molecule is CN1CCC(CNCC2=CCCOC2)C1c1ccc(Cl)c(F)c1. The van der Waals surface area contributed by atoms with Gasteiger partial charge in [0, 0.05) is 19.1 Å². The van der Waals surface area contributed by atoms with Crippen LogP contribution in [0.15, 0.2) is 29.8 Å². The largest absolute Gasteiger partial charge is 0.377 e. The van der Waals surface area contributed by atoms with Gasteiger partial charge in [-0.05, 0) is 55.6 Å². The molecule has 126 valence electrons. The minimum absolute atomic E-state index is 0.188. The number of nitrogens with zero attached hydrogens (tertiary/aromatic N) is 1. The molecule has 0 aromatic heterocycles. The molecule has 2 atom stereocenters. The van der Waals surface area contributed by atoms with Crippen molar-refractivity contribution in [2.24, 2.45) is 5.92 Å². The first-order valence-electron chi connectivity index (χ1n) is 8.26. The summed E-state index contributed by atoms with van der Waals surface area (Å²) < 4.78 is 19.3. The molecule has 2 unspecified atom stereocenters. The third-order valence-electron chi connectivity index (χ3n) is 4.80. The lowest BCUT2D eigenvalue weighted by atomic mass is 9.93. The Balaban J connectivity index is 1.61. The molecule has 1 N–H and O–H groups in total. The van der Waals surface area contributed by atoms with Crippen molar-refractivity contribution < 1.29 is 9.13 Å². The van der Waals surface area contributed by atoms with Crippen molar-refractivity contribution in [2.45, 2.75) is 18.9 Å². The molecule has 0 saturated carbocycles. The Hall–Kier alpha value is -0.940. The molecule has 1 aromatic carbocycles. The van der Waals surface area contributed by atoms with Crippen molar-refractivity contribution in [3.63, 3.8) is 0 Å². The van der Waals surface area contributed by atoms with Gasteiger partial charge in [-0.2, -0.15) is 0 Å². The molecule has 1 aromatic rings. The number of ether oxygens (including phenoxy) is 1. The molecular weight excluding hydrogens is 315 g/mol. The van der Waals surface area contributed by atoms with Crippen molar-refractivity contribution in [3.05, 3.63) is 46.3 Å². The normalized spacial score (nSPS) is 25.6. The first kappa shape index (κ1) is 16.9. The van der Waals surface area contributed by atoms with Crippen LogP contribution in [0.2, 0.25) is 5.02 Å². The number of halogens is 2. The van der Waals surface area contributed by atoms with Gasteiger partial charge in [-0.3, -0.25) is 4.90 Å². The van der Waals surface area contributed by atoms with Gasteiger partial charge >= 0.3 is 0 Å². The van der Waals surface area contributed by atoms with Crippen molar-refractivity contribution in [1.29, 1.82) is 0 Å². The molecule has 2 heterocycles. The molecule has 1 saturated heterocycles. The van der Waals surface area contributed by atoms with E-state index in [0.717, 1.165) is 51.3 Å². The molecule has 2 aliphatic heterocycles. The van der Waals surface area contributed by atoms with Gasteiger partial charge in [0.2, 0.25) is 0 Å². The van der Waals surface area contributed by atoms with Crippen LogP contribution in [0.5, 0.6) is 0 Å². The minimum Gasteiger partial charge on any atom is -0.377 e. The molecule has 0 aliphatic carbocycles. The number of benzene rings is 1. The Morgan fingerprint density at radius 2 is 2.30 bits per heavy atom. The van der Waals surface area contributed by atoms with E-state index in [2.05, 4.69) is 23.3 Å². The van der Waals surface area contributed by atoms with Crippen LogP contribution in [0.4, 0.5) is 4.39 Å². The van der Waals surface area contributed by atoms with E-state index < -0.39 is 0 Å². The Morgan fingerprint density at radius 3 is 3.04 bits per heavy atom. The topological polar surface area (TPSA) is 24.5 Å². The lowest BCUT2D eigenvalue weighted by molar-refractivity contribution is 0.148. The Labute approximate surface area is 142 Å². The highest BCUT2D eigenvalue weighted by Gasteiger charge is 2.33. The van der Waals surface area contributed by atoms with Gasteiger partial charge in [0.1, 0.15) is 5.82 Å². The summed E-state index contributed by atoms with van der Waals surface area (Å²) in [6, 6.07) is 5.43. The number of hydrogen-bond acceptors (Lipinski definition) is 3. The predicted octanol–water partition coefficient (Wildman–Crippen LogP) is 3.41. The van der Waals surface area contributed by atoms with Gasteiger partial charge < -0.3 is 10.1 Å². The molecule has 0 spiro atoms. The van der Waals surface area contributed by atoms with Crippen molar-refractivity contribution in [1.82, 2.24) is 10.2 Å². The average molecular weight is 339 g/mol. The van der Waals surface area contributed by atoms with E-state index in [4.69, 9.17) is 16.3 Å². The van der Waals surface area contributed by atoms with Crippen LogP contribution in [0.3, 0.4) is 0 Å². The fourth-order valence-electron chi connectivity index (χ4n) is 3.61. The lowest BCUT2D eigenvalue weighted by Crippen LogP contribution is -2.30. The third kappa shape index (κ3) is 4.13. The summed E-state index contributed by atoms with van der Waals surface area (Å²) in [6.45, 7) is 4.41. The molecule has 5 heteroatoms. The van der Waals surface area contributed by atoms with Crippen LogP contribution in [0.1, 0.15) is 24.4 Å². The first-order valence-corrected chi connectivity index (χ1v) is 8.64. The molecule has 2 aliphatic rings. The van der Waals surface area contributed by atoms with Crippen LogP contribution in [-0.4, -0.2) is 44.8 Å². The first-order chi connectivity index (χ1) is 11.1. The van der Waals surface area contributed by atoms with Crippen LogP contribution < -0.4 is 5.32 Å². The smallest absolute Gasteiger partial charge is 0.142 e. The van der Waals surface area contributed by atoms with E-state index >= 15 is 0 Å². The van der Waals surface area contributed by atoms with Gasteiger partial charge in [0.15, 0.2) is 0 Å². The summed E-state index contributed by atoms with van der Waals surface area (Å²) >= 11 is 5.81. The molecule has 0 bridgehead atoms. The van der Waals surface area contributed by atoms with Gasteiger partial charge in [-0.15, -0.1) is 0 Å². The zero-order chi connectivity index (χ0) is 16.2. The number of likely N-dealkylation sites (tertiary alicyclic amines) is 1. The second-order valence-corrected chi connectivity index (χ2v) is 6.89. The number of hydrogen-bond donors (Lipinski definition) is 1. The number of nitrogens with one attached hydrogen (secondary N) is 1. The average Bonchev–Trinajstić information content (AvgIpc) is 2.92. The molecule has 3 nitrogen and oxygen atoms in total. The van der Waals surface area contributed by atoms with Crippen molar-refractivity contribution >= 4 is 11.6 Å². The lowest BCUT2D eigenvalue weighted by Gasteiger charge is -2.26. The zero-order valence-electron chi connectivity index (χ0n) is 13.5. The maximum absolute atomic E-state index is 13.8. The monoisotopic (exact) mass is 338 g/mol. The van der Waals surface area contributed by atoms with Crippen molar-refractivity contribution in [3.8, 4) is 0 Å². The van der Waals surface area contributed by atoms with Gasteiger partial charge in [-0.25, -0.2) is 4.39 Å². The summed E-state index contributed by atoms with van der Waals surface area (Å²) in [6.07, 6.45) is 4.40. The fraction of sp³-hybridized carbons (Fsp3) is 0.556. The molecule has 1 fully saturated rings. The Bertz CT molecular complexity index is 578. The van der Waals surface area contributed by atoms with E-state index in [1.165, 1.54) is 5.57 Å². The summed E-state index contributed by atoms with van der Waals surface area (Å²) in [7, 11) is 2.11. The van der Waals surface area contributed by atoms with Crippen LogP contribution in [-0.2, 0) is 4.74 Å². The van der Waals surface area contributed by atoms with Crippen LogP contribution >= 0.6 is 11.6 Å². The highest BCUT2D eigenvalue weighted by atomic mass is 35.5. The van der Waals surface area contributed by atoms with Crippen molar-refractivity contribution in [2.75, 3.05) is 39.9 Å². The molecule has 0 amide bonds. The summed E-state index contributed by atoms with van der Waals surface area (Å²) in [5.74, 6) is 0.145. The second kappa shape index (κ2) is 7.75. The molecule has 0 radical (unpaired) electrons. The summed E-state index contributed by atoms with van der Waals surface area (Å²) in [4.78, 5) is 2.30. The molecule has 23 heavy (non-hydrogen) atoms. The van der Waals surface area contributed by atoms with E-state index in [0.29, 0.717) is 5.92 Å². The van der Waals surface area contributed by atoms with Crippen LogP contribution in [0, 0.1) is 11.7 Å². The quantitative estimate of drug-likeness (QED) is 0.833. The second-order valence-electron chi connectivity index (χ2n) is 6.48. The van der Waals surface area contributed by atoms with E-state index in [1.54, 1.807) is 12.1 Å². The van der Waals surface area contributed by atoms with Gasteiger partial charge in [-0.1, -0.05) is 23.7 Å². The fourth-order valence-corrected chi connectivity index (χ4v) is 3.73. The van der Waals surface area contributed by atoms with E-state index in [9.17, 15) is 4.39 Å².